The number of Topliss-reactive ketones (excluding diaryl/α,β-unsaturated/α-hetero) is 1. The predicted molar refractivity (Wildman–Crippen MR) is 102 cm³/mol. The standard InChI is InChI=1S/C18H22F3N5O5/c19-13-9-11(25-10-12(31-18(25)29)2-4-15(27)16(20)21)1-3-14(13)24-5-6-26(17(28)23-22)30-8-7-24/h1,3,9,12,16H,2,4-8,10,22H2,(H,23,28)/t12-/m0/s1. The van der Waals surface area contributed by atoms with E-state index in [-0.39, 0.29) is 44.0 Å². The van der Waals surface area contributed by atoms with Crippen LogP contribution in [0.15, 0.2) is 18.2 Å². The molecule has 2 aliphatic heterocycles. The molecular weight excluding hydrogens is 423 g/mol. The minimum Gasteiger partial charge on any atom is -0.444 e. The van der Waals surface area contributed by atoms with E-state index in [1.54, 1.807) is 4.90 Å². The molecule has 2 aliphatic rings. The minimum atomic E-state index is -3.06. The van der Waals surface area contributed by atoms with Gasteiger partial charge in [0.1, 0.15) is 11.9 Å². The third-order valence-electron chi connectivity index (χ3n) is 4.95. The first kappa shape index (κ1) is 22.6. The SMILES string of the molecule is NNC(=O)N1CCN(c2ccc(N3C[C@H](CCC(=O)C(F)F)OC3=O)cc2F)CCO1. The average Bonchev–Trinajstić information content (AvgIpc) is 2.95. The molecule has 13 heteroatoms. The molecule has 1 aromatic rings. The van der Waals surface area contributed by atoms with Crippen molar-refractivity contribution < 1.29 is 37.1 Å². The number of rotatable bonds is 6. The molecular formula is C18H22F3N5O5. The van der Waals surface area contributed by atoms with Gasteiger partial charge in [-0.15, -0.1) is 0 Å². The first-order chi connectivity index (χ1) is 14.8. The summed E-state index contributed by atoms with van der Waals surface area (Å²) in [7, 11) is 0. The number of nitrogens with one attached hydrogen (secondary N) is 1. The lowest BCUT2D eigenvalue weighted by Crippen LogP contribution is -2.44. The third kappa shape index (κ3) is 5.35. The molecule has 1 aromatic carbocycles. The number of nitrogens with two attached hydrogens (primary N) is 1. The monoisotopic (exact) mass is 445 g/mol. The van der Waals surface area contributed by atoms with Gasteiger partial charge in [0, 0.05) is 19.5 Å². The van der Waals surface area contributed by atoms with Crippen LogP contribution in [0.2, 0.25) is 0 Å². The number of anilines is 2. The second-order valence-electron chi connectivity index (χ2n) is 6.93. The number of hydrogen-bond acceptors (Lipinski definition) is 7. The molecule has 3 amide bonds. The minimum absolute atomic E-state index is 0.0227. The lowest BCUT2D eigenvalue weighted by molar-refractivity contribution is -0.129. The second-order valence-corrected chi connectivity index (χ2v) is 6.93. The second kappa shape index (κ2) is 9.83. The number of hydrogen-bond donors (Lipinski definition) is 2. The number of hydroxylamine groups is 2. The van der Waals surface area contributed by atoms with Crippen molar-refractivity contribution in [3.63, 3.8) is 0 Å². The van der Waals surface area contributed by atoms with Gasteiger partial charge in [-0.1, -0.05) is 0 Å². The molecule has 10 nitrogen and oxygen atoms in total. The van der Waals surface area contributed by atoms with Crippen molar-refractivity contribution >= 4 is 29.3 Å². The zero-order valence-electron chi connectivity index (χ0n) is 16.4. The number of benzene rings is 1. The molecule has 0 aromatic heterocycles. The number of amides is 3. The Labute approximate surface area is 175 Å². The van der Waals surface area contributed by atoms with Crippen LogP contribution < -0.4 is 21.1 Å². The summed E-state index contributed by atoms with van der Waals surface area (Å²) in [6, 6.07) is 3.57. The van der Waals surface area contributed by atoms with Crippen molar-refractivity contribution in [1.82, 2.24) is 10.5 Å². The fourth-order valence-electron chi connectivity index (χ4n) is 3.34. The molecule has 2 fully saturated rings. The van der Waals surface area contributed by atoms with E-state index in [2.05, 4.69) is 0 Å². The number of nitrogens with zero attached hydrogens (tertiary/aromatic N) is 3. The summed E-state index contributed by atoms with van der Waals surface area (Å²) >= 11 is 0. The summed E-state index contributed by atoms with van der Waals surface area (Å²) in [5.74, 6) is 3.27. The van der Waals surface area contributed by atoms with E-state index >= 15 is 0 Å². The first-order valence-electron chi connectivity index (χ1n) is 9.54. The van der Waals surface area contributed by atoms with Crippen molar-refractivity contribution in [3.05, 3.63) is 24.0 Å². The highest BCUT2D eigenvalue weighted by molar-refractivity contribution is 5.90. The summed E-state index contributed by atoms with van der Waals surface area (Å²) in [5, 5.41) is 1.05. The number of alkyl halides is 2. The van der Waals surface area contributed by atoms with Gasteiger partial charge in [-0.3, -0.25) is 20.0 Å². The quantitative estimate of drug-likeness (QED) is 0.386. The summed E-state index contributed by atoms with van der Waals surface area (Å²) in [6.45, 7) is 0.912. The Morgan fingerprint density at radius 2 is 2.03 bits per heavy atom. The van der Waals surface area contributed by atoms with Gasteiger partial charge in [-0.05, 0) is 24.6 Å². The van der Waals surface area contributed by atoms with Crippen LogP contribution in [0.5, 0.6) is 0 Å². The Kier molecular flexibility index (Phi) is 7.17. The molecule has 0 bridgehead atoms. The van der Waals surface area contributed by atoms with Crippen LogP contribution in [0.3, 0.4) is 0 Å². The smallest absolute Gasteiger partial charge is 0.414 e. The molecule has 0 saturated carbocycles. The van der Waals surface area contributed by atoms with E-state index in [4.69, 9.17) is 15.4 Å². The number of carbonyl (C=O) groups is 3. The molecule has 2 heterocycles. The van der Waals surface area contributed by atoms with E-state index in [1.165, 1.54) is 23.1 Å². The van der Waals surface area contributed by atoms with Gasteiger partial charge in [0.2, 0.25) is 0 Å². The van der Waals surface area contributed by atoms with Crippen LogP contribution in [0.4, 0.5) is 34.1 Å². The maximum Gasteiger partial charge on any atom is 0.414 e. The Morgan fingerprint density at radius 3 is 2.71 bits per heavy atom. The number of ketones is 1. The van der Waals surface area contributed by atoms with Crippen molar-refractivity contribution in [3.8, 4) is 0 Å². The molecule has 0 radical (unpaired) electrons. The number of urea groups is 1. The highest BCUT2D eigenvalue weighted by atomic mass is 19.3. The normalized spacial score (nSPS) is 19.5. The number of hydrazine groups is 1. The zero-order chi connectivity index (χ0) is 22.5. The lowest BCUT2D eigenvalue weighted by Gasteiger charge is -2.23. The number of carbonyl (C=O) groups excluding carboxylic acids is 3. The van der Waals surface area contributed by atoms with E-state index < -0.39 is 42.7 Å². The van der Waals surface area contributed by atoms with Crippen molar-refractivity contribution in [2.45, 2.75) is 25.4 Å². The molecule has 1 atom stereocenters. The van der Waals surface area contributed by atoms with Crippen molar-refractivity contribution in [2.75, 3.05) is 42.6 Å². The van der Waals surface area contributed by atoms with E-state index in [0.717, 1.165) is 5.06 Å². The molecule has 170 valence electrons. The van der Waals surface area contributed by atoms with E-state index in [0.29, 0.717) is 6.54 Å². The Morgan fingerprint density at radius 1 is 1.26 bits per heavy atom. The van der Waals surface area contributed by atoms with Gasteiger partial charge in [0.15, 0.2) is 5.78 Å². The first-order valence-corrected chi connectivity index (χ1v) is 9.54. The molecule has 3 rings (SSSR count). The summed E-state index contributed by atoms with van der Waals surface area (Å²) in [5.41, 5.74) is 2.46. The van der Waals surface area contributed by atoms with Crippen LogP contribution >= 0.6 is 0 Å². The Hall–Kier alpha value is -3.06. The Balaban J connectivity index is 1.63. The fourth-order valence-corrected chi connectivity index (χ4v) is 3.34. The molecule has 0 aliphatic carbocycles. The molecule has 0 spiro atoms. The largest absolute Gasteiger partial charge is 0.444 e. The zero-order valence-corrected chi connectivity index (χ0v) is 16.4. The maximum absolute atomic E-state index is 14.8. The fraction of sp³-hybridized carbons (Fsp3) is 0.500. The predicted octanol–water partition coefficient (Wildman–Crippen LogP) is 1.40. The van der Waals surface area contributed by atoms with E-state index in [1.807, 2.05) is 5.43 Å². The third-order valence-corrected chi connectivity index (χ3v) is 4.95. The van der Waals surface area contributed by atoms with Crippen LogP contribution in [-0.2, 0) is 14.4 Å². The van der Waals surface area contributed by atoms with E-state index in [9.17, 15) is 27.6 Å². The summed E-state index contributed by atoms with van der Waals surface area (Å²) in [6.07, 6.45) is -4.98. The molecule has 0 unspecified atom stereocenters. The number of cyclic esters (lactones) is 1. The van der Waals surface area contributed by atoms with Crippen LogP contribution in [0.1, 0.15) is 12.8 Å². The molecule has 2 saturated heterocycles. The van der Waals surface area contributed by atoms with Gasteiger partial charge in [-0.25, -0.2) is 33.7 Å². The van der Waals surface area contributed by atoms with Crippen molar-refractivity contribution in [1.29, 1.82) is 0 Å². The molecule has 31 heavy (non-hydrogen) atoms. The number of halogens is 3. The maximum atomic E-state index is 14.8. The van der Waals surface area contributed by atoms with Crippen molar-refractivity contribution in [2.24, 2.45) is 5.84 Å². The highest BCUT2D eigenvalue weighted by Crippen LogP contribution is 2.29. The number of ether oxygens (including phenoxy) is 1. The average molecular weight is 445 g/mol. The van der Waals surface area contributed by atoms with Gasteiger partial charge in [0.05, 0.1) is 31.1 Å². The topological polar surface area (TPSA) is 117 Å². The lowest BCUT2D eigenvalue weighted by atomic mass is 10.1. The van der Waals surface area contributed by atoms with Gasteiger partial charge >= 0.3 is 12.1 Å². The van der Waals surface area contributed by atoms with Gasteiger partial charge in [-0.2, -0.15) is 0 Å². The molecule has 3 N–H and O–H groups in total. The van der Waals surface area contributed by atoms with Gasteiger partial charge in [0.25, 0.3) is 6.43 Å². The van der Waals surface area contributed by atoms with Crippen LogP contribution in [0, 0.1) is 5.82 Å². The van der Waals surface area contributed by atoms with Crippen LogP contribution in [0.25, 0.3) is 0 Å². The highest BCUT2D eigenvalue weighted by Gasteiger charge is 2.33. The van der Waals surface area contributed by atoms with Crippen LogP contribution in [-0.4, -0.2) is 68.3 Å². The summed E-state index contributed by atoms with van der Waals surface area (Å²) in [4.78, 5) is 42.9. The summed E-state index contributed by atoms with van der Waals surface area (Å²) < 4.78 is 44.5. The van der Waals surface area contributed by atoms with Gasteiger partial charge < -0.3 is 9.64 Å². The Bertz CT molecular complexity index is 843.